The second kappa shape index (κ2) is 6.83. The van der Waals surface area contributed by atoms with E-state index < -0.39 is 27.6 Å². The quantitative estimate of drug-likeness (QED) is 0.651. The SMILES string of the molecule is [B]c1ccc(S(=O)(=O)N[C@@H](C(=O)OC(C)(C)C)C(C)C)cc1. The first-order valence-electron chi connectivity index (χ1n) is 7.03. The molecule has 0 fully saturated rings. The highest BCUT2D eigenvalue weighted by Crippen LogP contribution is 2.15. The van der Waals surface area contributed by atoms with Gasteiger partial charge >= 0.3 is 5.97 Å². The molecule has 0 aliphatic carbocycles. The largest absolute Gasteiger partial charge is 0.459 e. The van der Waals surface area contributed by atoms with Crippen LogP contribution in [-0.2, 0) is 19.6 Å². The number of rotatable bonds is 5. The van der Waals surface area contributed by atoms with Crippen LogP contribution in [0.15, 0.2) is 29.2 Å². The summed E-state index contributed by atoms with van der Waals surface area (Å²) in [5.74, 6) is -0.847. The second-order valence-electron chi connectivity index (χ2n) is 6.45. The summed E-state index contributed by atoms with van der Waals surface area (Å²) in [6.07, 6.45) is 0. The molecule has 7 heteroatoms. The van der Waals surface area contributed by atoms with Gasteiger partial charge in [0, 0.05) is 0 Å². The molecule has 1 N–H and O–H groups in total. The topological polar surface area (TPSA) is 72.5 Å². The molecule has 0 aromatic heterocycles. The standard InChI is InChI=1S/C15H22BNO4S/c1-10(2)13(14(18)21-15(3,4)5)17-22(19,20)12-8-6-11(16)7-9-12/h6-10,13,17H,1-5H3/t13-/m1/s1. The summed E-state index contributed by atoms with van der Waals surface area (Å²) < 4.78 is 32.4. The predicted molar refractivity (Wildman–Crippen MR) is 86.6 cm³/mol. The predicted octanol–water partition coefficient (Wildman–Crippen LogP) is 1.12. The minimum absolute atomic E-state index is 0.0518. The monoisotopic (exact) mass is 323 g/mol. The van der Waals surface area contributed by atoms with E-state index in [-0.39, 0.29) is 10.8 Å². The Morgan fingerprint density at radius 1 is 1.18 bits per heavy atom. The van der Waals surface area contributed by atoms with E-state index in [1.54, 1.807) is 34.6 Å². The van der Waals surface area contributed by atoms with Crippen LogP contribution in [0.1, 0.15) is 34.6 Å². The smallest absolute Gasteiger partial charge is 0.324 e. The van der Waals surface area contributed by atoms with Crippen molar-refractivity contribution in [2.75, 3.05) is 0 Å². The van der Waals surface area contributed by atoms with Gasteiger partial charge in [0.2, 0.25) is 10.0 Å². The first-order valence-corrected chi connectivity index (χ1v) is 8.51. The molecular weight excluding hydrogens is 301 g/mol. The van der Waals surface area contributed by atoms with Crippen LogP contribution in [0, 0.1) is 5.92 Å². The van der Waals surface area contributed by atoms with Gasteiger partial charge in [-0.3, -0.25) is 4.79 Å². The number of hydrogen-bond donors (Lipinski definition) is 1. The highest BCUT2D eigenvalue weighted by molar-refractivity contribution is 7.89. The van der Waals surface area contributed by atoms with Gasteiger partial charge in [0.15, 0.2) is 0 Å². The Bertz CT molecular complexity index is 618. The average Bonchev–Trinajstić information content (AvgIpc) is 2.34. The molecular formula is C15H22BNO4S. The van der Waals surface area contributed by atoms with E-state index in [4.69, 9.17) is 12.6 Å². The maximum atomic E-state index is 12.4. The Labute approximate surface area is 133 Å². The van der Waals surface area contributed by atoms with Crippen molar-refractivity contribution in [3.05, 3.63) is 24.3 Å². The number of sulfonamides is 1. The maximum absolute atomic E-state index is 12.4. The first-order chi connectivity index (χ1) is 9.92. The molecule has 0 saturated heterocycles. The van der Waals surface area contributed by atoms with Crippen molar-refractivity contribution in [3.8, 4) is 0 Å². The number of hydrogen-bond acceptors (Lipinski definition) is 4. The molecule has 1 aromatic rings. The van der Waals surface area contributed by atoms with Crippen molar-refractivity contribution in [1.82, 2.24) is 4.72 Å². The van der Waals surface area contributed by atoms with E-state index in [9.17, 15) is 13.2 Å². The fourth-order valence-corrected chi connectivity index (χ4v) is 3.04. The summed E-state index contributed by atoms with van der Waals surface area (Å²) in [5, 5.41) is 0. The van der Waals surface area contributed by atoms with E-state index in [0.717, 1.165) is 0 Å². The lowest BCUT2D eigenvalue weighted by Gasteiger charge is -2.26. The number of esters is 1. The van der Waals surface area contributed by atoms with E-state index in [2.05, 4.69) is 4.72 Å². The lowest BCUT2D eigenvalue weighted by atomic mass is 9.97. The Morgan fingerprint density at radius 3 is 2.09 bits per heavy atom. The number of nitrogens with one attached hydrogen (secondary N) is 1. The van der Waals surface area contributed by atoms with Crippen LogP contribution < -0.4 is 10.2 Å². The fraction of sp³-hybridized carbons (Fsp3) is 0.533. The van der Waals surface area contributed by atoms with Gasteiger partial charge in [-0.25, -0.2) is 8.42 Å². The lowest BCUT2D eigenvalue weighted by Crippen LogP contribution is -2.47. The number of benzene rings is 1. The number of ether oxygens (including phenoxy) is 1. The van der Waals surface area contributed by atoms with Crippen molar-refractivity contribution < 1.29 is 17.9 Å². The Hall–Kier alpha value is -1.34. The molecule has 0 aliphatic heterocycles. The summed E-state index contributed by atoms with van der Waals surface area (Å²) >= 11 is 0. The highest BCUT2D eigenvalue weighted by atomic mass is 32.2. The molecule has 0 aliphatic rings. The van der Waals surface area contributed by atoms with Gasteiger partial charge in [-0.15, -0.1) is 0 Å². The third-order valence-electron chi connectivity index (χ3n) is 2.80. The summed E-state index contributed by atoms with van der Waals surface area (Å²) in [4.78, 5) is 12.2. The van der Waals surface area contributed by atoms with E-state index in [0.29, 0.717) is 5.46 Å². The van der Waals surface area contributed by atoms with Crippen molar-refractivity contribution >= 4 is 29.3 Å². The zero-order chi connectivity index (χ0) is 17.1. The third-order valence-corrected chi connectivity index (χ3v) is 4.26. The summed E-state index contributed by atoms with van der Waals surface area (Å²) in [5.41, 5.74) is -0.219. The second-order valence-corrected chi connectivity index (χ2v) is 8.16. The normalized spacial score (nSPS) is 13.9. The minimum atomic E-state index is -3.83. The molecule has 1 rings (SSSR count). The molecule has 0 bridgehead atoms. The van der Waals surface area contributed by atoms with E-state index >= 15 is 0 Å². The van der Waals surface area contributed by atoms with Crippen molar-refractivity contribution in [3.63, 3.8) is 0 Å². The van der Waals surface area contributed by atoms with Crippen LogP contribution in [0.5, 0.6) is 0 Å². The van der Waals surface area contributed by atoms with Gasteiger partial charge in [0.25, 0.3) is 0 Å². The van der Waals surface area contributed by atoms with Crippen LogP contribution in [-0.4, -0.2) is 33.9 Å². The molecule has 0 saturated carbocycles. The third kappa shape index (κ3) is 5.46. The fourth-order valence-electron chi connectivity index (χ4n) is 1.70. The maximum Gasteiger partial charge on any atom is 0.324 e. The molecule has 0 unspecified atom stereocenters. The zero-order valence-corrected chi connectivity index (χ0v) is 14.4. The molecule has 2 radical (unpaired) electrons. The average molecular weight is 323 g/mol. The van der Waals surface area contributed by atoms with Crippen molar-refractivity contribution in [2.24, 2.45) is 5.92 Å². The van der Waals surface area contributed by atoms with Crippen molar-refractivity contribution in [2.45, 2.75) is 51.2 Å². The number of carbonyl (C=O) groups is 1. The van der Waals surface area contributed by atoms with Crippen LogP contribution >= 0.6 is 0 Å². The van der Waals surface area contributed by atoms with Crippen LogP contribution in [0.3, 0.4) is 0 Å². The molecule has 120 valence electrons. The molecule has 22 heavy (non-hydrogen) atoms. The van der Waals surface area contributed by atoms with Gasteiger partial charge in [-0.1, -0.05) is 31.4 Å². The lowest BCUT2D eigenvalue weighted by molar-refractivity contribution is -0.158. The van der Waals surface area contributed by atoms with Gasteiger partial charge in [-0.05, 0) is 38.8 Å². The molecule has 1 atom stereocenters. The van der Waals surface area contributed by atoms with E-state index in [1.165, 1.54) is 24.3 Å². The Morgan fingerprint density at radius 2 is 1.68 bits per heavy atom. The minimum Gasteiger partial charge on any atom is -0.459 e. The van der Waals surface area contributed by atoms with Crippen LogP contribution in [0.4, 0.5) is 0 Å². The Kier molecular flexibility index (Phi) is 5.81. The van der Waals surface area contributed by atoms with Gasteiger partial charge in [-0.2, -0.15) is 4.72 Å². The number of carbonyl (C=O) groups excluding carboxylic acids is 1. The summed E-state index contributed by atoms with van der Waals surface area (Å²) in [7, 11) is 1.72. The summed E-state index contributed by atoms with van der Waals surface area (Å²) in [6.45, 7) is 8.70. The Balaban J connectivity index is 3.00. The highest BCUT2D eigenvalue weighted by Gasteiger charge is 2.31. The van der Waals surface area contributed by atoms with Crippen molar-refractivity contribution in [1.29, 1.82) is 0 Å². The van der Waals surface area contributed by atoms with Gasteiger partial charge in [0.05, 0.1) is 4.90 Å². The zero-order valence-electron chi connectivity index (χ0n) is 13.6. The molecule has 5 nitrogen and oxygen atoms in total. The molecule has 1 aromatic carbocycles. The van der Waals surface area contributed by atoms with Gasteiger partial charge in [0.1, 0.15) is 19.5 Å². The summed E-state index contributed by atoms with van der Waals surface area (Å²) in [6, 6.07) is 4.81. The molecule has 0 spiro atoms. The van der Waals surface area contributed by atoms with Crippen LogP contribution in [0.2, 0.25) is 0 Å². The van der Waals surface area contributed by atoms with E-state index in [1.807, 2.05) is 0 Å². The molecule has 0 heterocycles. The molecule has 0 amide bonds. The van der Waals surface area contributed by atoms with Gasteiger partial charge < -0.3 is 4.74 Å². The first kappa shape index (κ1) is 18.7. The van der Waals surface area contributed by atoms with Crippen LogP contribution in [0.25, 0.3) is 0 Å².